The van der Waals surface area contributed by atoms with Gasteiger partial charge in [-0.2, -0.15) is 0 Å². The summed E-state index contributed by atoms with van der Waals surface area (Å²) in [6.45, 7) is 6.82. The first-order valence-electron chi connectivity index (χ1n) is 9.27. The average Bonchev–Trinajstić information content (AvgIpc) is 2.94. The lowest BCUT2D eigenvalue weighted by molar-refractivity contribution is -0.123. The number of imide groups is 1. The summed E-state index contributed by atoms with van der Waals surface area (Å²) in [6, 6.07) is 6.30. The molecule has 0 radical (unpaired) electrons. The Labute approximate surface area is 158 Å². The summed E-state index contributed by atoms with van der Waals surface area (Å²) in [5.74, 6) is -0.527. The van der Waals surface area contributed by atoms with Crippen molar-refractivity contribution in [3.63, 3.8) is 0 Å². The molecule has 3 rings (SSSR count). The van der Waals surface area contributed by atoms with Gasteiger partial charge < -0.3 is 15.3 Å². The van der Waals surface area contributed by atoms with Gasteiger partial charge in [0.1, 0.15) is 5.54 Å². The zero-order valence-corrected chi connectivity index (χ0v) is 15.7. The molecular weight excluding hydrogens is 348 g/mol. The van der Waals surface area contributed by atoms with Crippen LogP contribution in [0, 0.1) is 0 Å². The van der Waals surface area contributed by atoms with E-state index in [0.717, 1.165) is 19.5 Å². The molecule has 2 fully saturated rings. The number of β-amino-alcohol motifs (C(OH)–C–C–N with tert-alkyl or cyclic N) is 1. The Balaban J connectivity index is 1.68. The quantitative estimate of drug-likeness (QED) is 0.642. The number of piperazine rings is 1. The first-order chi connectivity index (χ1) is 12.8. The second kappa shape index (κ2) is 7.66. The molecule has 4 amide bonds. The lowest BCUT2D eigenvalue weighted by atomic mass is 9.91. The van der Waals surface area contributed by atoms with Crippen molar-refractivity contribution in [2.75, 3.05) is 32.7 Å². The molecule has 1 aromatic carbocycles. The van der Waals surface area contributed by atoms with Crippen LogP contribution < -0.4 is 10.6 Å². The highest BCUT2D eigenvalue weighted by molar-refractivity contribution is 6.07. The summed E-state index contributed by atoms with van der Waals surface area (Å²) < 4.78 is 0. The van der Waals surface area contributed by atoms with Crippen molar-refractivity contribution in [2.45, 2.75) is 31.9 Å². The number of nitrogens with one attached hydrogen (secondary N) is 2. The predicted molar refractivity (Wildman–Crippen MR) is 99.1 cm³/mol. The maximum atomic E-state index is 12.9. The van der Waals surface area contributed by atoms with E-state index >= 15 is 0 Å². The average molecular weight is 374 g/mol. The SMILES string of the molecule is CCC(O)CN1CCN(C(=O)c2cccc(C3(C)NC(=O)NC3=O)c2)CC1. The second-order valence-electron chi connectivity index (χ2n) is 7.27. The molecule has 146 valence electrons. The van der Waals surface area contributed by atoms with Gasteiger partial charge in [0.25, 0.3) is 11.8 Å². The lowest BCUT2D eigenvalue weighted by Gasteiger charge is -2.35. The highest BCUT2D eigenvalue weighted by atomic mass is 16.3. The van der Waals surface area contributed by atoms with Crippen LogP contribution in [0.1, 0.15) is 36.2 Å². The van der Waals surface area contributed by atoms with E-state index in [-0.39, 0.29) is 12.0 Å². The Morgan fingerprint density at radius 1 is 1.26 bits per heavy atom. The number of benzene rings is 1. The molecule has 3 N–H and O–H groups in total. The van der Waals surface area contributed by atoms with Gasteiger partial charge in [-0.1, -0.05) is 19.1 Å². The molecule has 2 atom stereocenters. The summed E-state index contributed by atoms with van der Waals surface area (Å²) in [5, 5.41) is 14.6. The first-order valence-corrected chi connectivity index (χ1v) is 9.27. The van der Waals surface area contributed by atoms with Gasteiger partial charge >= 0.3 is 6.03 Å². The minimum atomic E-state index is -1.18. The number of hydrogen-bond acceptors (Lipinski definition) is 5. The number of carbonyl (C=O) groups is 3. The third-order valence-electron chi connectivity index (χ3n) is 5.33. The van der Waals surface area contributed by atoms with Crippen molar-refractivity contribution < 1.29 is 19.5 Å². The molecule has 27 heavy (non-hydrogen) atoms. The van der Waals surface area contributed by atoms with Gasteiger partial charge in [0.2, 0.25) is 0 Å². The maximum Gasteiger partial charge on any atom is 0.322 e. The van der Waals surface area contributed by atoms with Gasteiger partial charge in [0.05, 0.1) is 6.10 Å². The first kappa shape index (κ1) is 19.3. The molecule has 1 aromatic rings. The number of urea groups is 1. The maximum absolute atomic E-state index is 12.9. The fourth-order valence-electron chi connectivity index (χ4n) is 3.45. The van der Waals surface area contributed by atoms with Gasteiger partial charge in [0, 0.05) is 38.3 Å². The Kier molecular flexibility index (Phi) is 5.48. The predicted octanol–water partition coefficient (Wildman–Crippen LogP) is 0.270. The summed E-state index contributed by atoms with van der Waals surface area (Å²) in [7, 11) is 0. The molecule has 2 aliphatic heterocycles. The van der Waals surface area contributed by atoms with Crippen molar-refractivity contribution >= 4 is 17.8 Å². The van der Waals surface area contributed by atoms with Crippen molar-refractivity contribution in [2.24, 2.45) is 0 Å². The van der Waals surface area contributed by atoms with E-state index < -0.39 is 17.5 Å². The van der Waals surface area contributed by atoms with Crippen molar-refractivity contribution in [3.8, 4) is 0 Å². The molecular formula is C19H26N4O4. The number of hydrogen-bond donors (Lipinski definition) is 3. The molecule has 0 aliphatic carbocycles. The third kappa shape index (κ3) is 3.96. The fraction of sp³-hybridized carbons (Fsp3) is 0.526. The van der Waals surface area contributed by atoms with Crippen LogP contribution in [0.15, 0.2) is 24.3 Å². The van der Waals surface area contributed by atoms with Crippen molar-refractivity contribution in [1.29, 1.82) is 0 Å². The molecule has 8 nitrogen and oxygen atoms in total. The third-order valence-corrected chi connectivity index (χ3v) is 5.33. The van der Waals surface area contributed by atoms with E-state index in [0.29, 0.717) is 30.8 Å². The van der Waals surface area contributed by atoms with E-state index in [1.807, 2.05) is 6.92 Å². The smallest absolute Gasteiger partial charge is 0.322 e. The molecule has 0 spiro atoms. The molecule has 8 heteroatoms. The fourth-order valence-corrected chi connectivity index (χ4v) is 3.45. The summed E-state index contributed by atoms with van der Waals surface area (Å²) >= 11 is 0. The minimum absolute atomic E-state index is 0.0964. The number of aliphatic hydroxyl groups is 1. The zero-order valence-electron chi connectivity index (χ0n) is 15.7. The Morgan fingerprint density at radius 2 is 1.96 bits per heavy atom. The molecule has 0 aromatic heterocycles. The number of nitrogens with zero attached hydrogens (tertiary/aromatic N) is 2. The van der Waals surface area contributed by atoms with Gasteiger partial charge in [0.15, 0.2) is 0 Å². The van der Waals surface area contributed by atoms with E-state index in [1.54, 1.807) is 36.1 Å². The van der Waals surface area contributed by atoms with Crippen LogP contribution in [0.25, 0.3) is 0 Å². The van der Waals surface area contributed by atoms with Gasteiger partial charge in [-0.3, -0.25) is 19.8 Å². The second-order valence-corrected chi connectivity index (χ2v) is 7.27. The van der Waals surface area contributed by atoms with Gasteiger partial charge in [-0.25, -0.2) is 4.79 Å². The molecule has 0 bridgehead atoms. The van der Waals surface area contributed by atoms with Crippen LogP contribution in [0.2, 0.25) is 0 Å². The highest BCUT2D eigenvalue weighted by Gasteiger charge is 2.43. The Hall–Kier alpha value is -2.45. The van der Waals surface area contributed by atoms with Crippen LogP contribution in [-0.4, -0.2) is 71.6 Å². The topological polar surface area (TPSA) is 102 Å². The monoisotopic (exact) mass is 374 g/mol. The van der Waals surface area contributed by atoms with E-state index in [9.17, 15) is 19.5 Å². The summed E-state index contributed by atoms with van der Waals surface area (Å²) in [4.78, 5) is 40.4. The molecule has 2 saturated heterocycles. The molecule has 2 heterocycles. The summed E-state index contributed by atoms with van der Waals surface area (Å²) in [6.07, 6.45) is 0.381. The molecule has 2 aliphatic rings. The zero-order chi connectivity index (χ0) is 19.6. The Morgan fingerprint density at radius 3 is 2.56 bits per heavy atom. The lowest BCUT2D eigenvalue weighted by Crippen LogP contribution is -2.50. The Bertz CT molecular complexity index is 745. The molecule has 0 saturated carbocycles. The number of carbonyl (C=O) groups excluding carboxylic acids is 3. The standard InChI is InChI=1S/C19H26N4O4/c1-3-15(24)12-22-7-9-23(10-8-22)16(25)13-5-4-6-14(11-13)19(2)17(26)20-18(27)21-19/h4-6,11,15,24H,3,7-10,12H2,1-2H3,(H2,20,21,26,27). The van der Waals surface area contributed by atoms with Crippen LogP contribution in [-0.2, 0) is 10.3 Å². The van der Waals surface area contributed by atoms with Crippen LogP contribution >= 0.6 is 0 Å². The highest BCUT2D eigenvalue weighted by Crippen LogP contribution is 2.25. The minimum Gasteiger partial charge on any atom is -0.392 e. The van der Waals surface area contributed by atoms with Crippen molar-refractivity contribution in [1.82, 2.24) is 20.4 Å². The van der Waals surface area contributed by atoms with E-state index in [1.165, 1.54) is 0 Å². The van der Waals surface area contributed by atoms with E-state index in [2.05, 4.69) is 15.5 Å². The normalized spacial score (nSPS) is 24.5. The van der Waals surface area contributed by atoms with Crippen LogP contribution in [0.5, 0.6) is 0 Å². The summed E-state index contributed by atoms with van der Waals surface area (Å²) in [5.41, 5.74) is -0.117. The van der Waals surface area contributed by atoms with Gasteiger partial charge in [-0.15, -0.1) is 0 Å². The van der Waals surface area contributed by atoms with Crippen molar-refractivity contribution in [3.05, 3.63) is 35.4 Å². The number of rotatable bonds is 5. The van der Waals surface area contributed by atoms with Crippen LogP contribution in [0.3, 0.4) is 0 Å². The number of aliphatic hydroxyl groups excluding tert-OH is 1. The largest absolute Gasteiger partial charge is 0.392 e. The van der Waals surface area contributed by atoms with E-state index in [4.69, 9.17) is 0 Å². The van der Waals surface area contributed by atoms with Crippen LogP contribution in [0.4, 0.5) is 4.79 Å². The number of amides is 4. The molecule has 2 unspecified atom stereocenters. The van der Waals surface area contributed by atoms with Gasteiger partial charge in [-0.05, 0) is 31.0 Å².